The first-order chi connectivity index (χ1) is 10.4. The quantitative estimate of drug-likeness (QED) is 0.904. The Labute approximate surface area is 132 Å². The van der Waals surface area contributed by atoms with Gasteiger partial charge in [0.15, 0.2) is 0 Å². The maximum absolute atomic E-state index is 5.35. The molecule has 0 aromatic heterocycles. The van der Waals surface area contributed by atoms with Crippen LogP contribution in [0.15, 0.2) is 18.2 Å². The minimum atomic E-state index is 0.527. The van der Waals surface area contributed by atoms with Crippen LogP contribution in [-0.2, 0) is 6.42 Å². The van der Waals surface area contributed by atoms with Crippen molar-refractivity contribution in [2.45, 2.75) is 25.3 Å². The van der Waals surface area contributed by atoms with Gasteiger partial charge in [0.1, 0.15) is 5.75 Å². The highest BCUT2D eigenvalue weighted by Crippen LogP contribution is 2.32. The van der Waals surface area contributed by atoms with Crippen molar-refractivity contribution in [3.05, 3.63) is 29.3 Å². The Hall–Kier alpha value is -0.710. The molecule has 1 saturated heterocycles. The molecular weight excluding hydrogens is 280 g/mol. The SMILES string of the molecule is COc1ccc2c(c1)CCCC2NCCN1CCSCC1. The maximum atomic E-state index is 5.35. The molecule has 1 aromatic carbocycles. The fourth-order valence-electron chi connectivity index (χ4n) is 3.35. The Morgan fingerprint density at radius 3 is 3.00 bits per heavy atom. The Balaban J connectivity index is 1.55. The second-order valence-electron chi connectivity index (χ2n) is 5.92. The van der Waals surface area contributed by atoms with Crippen LogP contribution in [0.25, 0.3) is 0 Å². The first kappa shape index (κ1) is 15.2. The molecule has 1 aromatic rings. The van der Waals surface area contributed by atoms with Crippen LogP contribution in [0, 0.1) is 0 Å². The standard InChI is InChI=1S/C17H26N2OS/c1-20-15-5-6-16-14(13-15)3-2-4-17(16)18-7-8-19-9-11-21-12-10-19/h5-6,13,17-18H,2-4,7-12H2,1H3. The first-order valence-corrected chi connectivity index (χ1v) is 9.22. The van der Waals surface area contributed by atoms with Gasteiger partial charge in [-0.05, 0) is 42.5 Å². The van der Waals surface area contributed by atoms with E-state index in [1.807, 2.05) is 0 Å². The maximum Gasteiger partial charge on any atom is 0.119 e. The zero-order chi connectivity index (χ0) is 14.5. The number of rotatable bonds is 5. The summed E-state index contributed by atoms with van der Waals surface area (Å²) < 4.78 is 5.35. The van der Waals surface area contributed by atoms with Gasteiger partial charge in [-0.1, -0.05) is 6.07 Å². The van der Waals surface area contributed by atoms with Gasteiger partial charge in [0.25, 0.3) is 0 Å². The van der Waals surface area contributed by atoms with Crippen molar-refractivity contribution in [2.75, 3.05) is 44.8 Å². The highest BCUT2D eigenvalue weighted by Gasteiger charge is 2.20. The molecular formula is C17H26N2OS. The summed E-state index contributed by atoms with van der Waals surface area (Å²) in [5.41, 5.74) is 2.95. The lowest BCUT2D eigenvalue weighted by molar-refractivity contribution is 0.292. The van der Waals surface area contributed by atoms with Crippen LogP contribution in [0.3, 0.4) is 0 Å². The molecule has 21 heavy (non-hydrogen) atoms. The van der Waals surface area contributed by atoms with Crippen LogP contribution in [0.4, 0.5) is 0 Å². The summed E-state index contributed by atoms with van der Waals surface area (Å²) in [6.07, 6.45) is 3.72. The molecule has 0 amide bonds. The van der Waals surface area contributed by atoms with Crippen molar-refractivity contribution in [3.63, 3.8) is 0 Å². The summed E-state index contributed by atoms with van der Waals surface area (Å²) in [4.78, 5) is 2.58. The van der Waals surface area contributed by atoms with E-state index in [0.29, 0.717) is 6.04 Å². The lowest BCUT2D eigenvalue weighted by Crippen LogP contribution is -2.39. The van der Waals surface area contributed by atoms with Crippen LogP contribution in [0.5, 0.6) is 5.75 Å². The molecule has 0 bridgehead atoms. The summed E-state index contributed by atoms with van der Waals surface area (Å²) in [6, 6.07) is 7.09. The summed E-state index contributed by atoms with van der Waals surface area (Å²) in [5, 5.41) is 3.77. The number of benzene rings is 1. The van der Waals surface area contributed by atoms with Crippen molar-refractivity contribution < 1.29 is 4.74 Å². The van der Waals surface area contributed by atoms with Gasteiger partial charge < -0.3 is 15.0 Å². The molecule has 1 unspecified atom stereocenters. The van der Waals surface area contributed by atoms with E-state index in [9.17, 15) is 0 Å². The molecule has 4 heteroatoms. The minimum Gasteiger partial charge on any atom is -0.497 e. The Morgan fingerprint density at radius 2 is 2.19 bits per heavy atom. The van der Waals surface area contributed by atoms with Crippen molar-refractivity contribution in [2.24, 2.45) is 0 Å². The number of methoxy groups -OCH3 is 1. The number of hydrogen-bond donors (Lipinski definition) is 1. The molecule has 1 aliphatic heterocycles. The fraction of sp³-hybridized carbons (Fsp3) is 0.647. The first-order valence-electron chi connectivity index (χ1n) is 8.07. The van der Waals surface area contributed by atoms with Crippen molar-refractivity contribution >= 4 is 11.8 Å². The summed E-state index contributed by atoms with van der Waals surface area (Å²) in [5.74, 6) is 3.58. The number of nitrogens with one attached hydrogen (secondary N) is 1. The van der Waals surface area contributed by atoms with Gasteiger partial charge in [-0.25, -0.2) is 0 Å². The molecule has 3 nitrogen and oxygen atoms in total. The molecule has 0 radical (unpaired) electrons. The van der Waals surface area contributed by atoms with Gasteiger partial charge >= 0.3 is 0 Å². The van der Waals surface area contributed by atoms with Gasteiger partial charge in [-0.15, -0.1) is 0 Å². The minimum absolute atomic E-state index is 0.527. The third-order valence-corrected chi connectivity index (χ3v) is 5.53. The normalized spacial score (nSPS) is 22.8. The summed E-state index contributed by atoms with van der Waals surface area (Å²) in [6.45, 7) is 4.79. The zero-order valence-corrected chi connectivity index (χ0v) is 13.8. The number of hydrogen-bond acceptors (Lipinski definition) is 4. The van der Waals surface area contributed by atoms with Gasteiger partial charge in [0, 0.05) is 43.7 Å². The van der Waals surface area contributed by atoms with Crippen LogP contribution < -0.4 is 10.1 Å². The van der Waals surface area contributed by atoms with Gasteiger partial charge in [0.2, 0.25) is 0 Å². The molecule has 3 rings (SSSR count). The molecule has 1 fully saturated rings. The van der Waals surface area contributed by atoms with Crippen LogP contribution in [0.1, 0.15) is 30.0 Å². The molecule has 116 valence electrons. The zero-order valence-electron chi connectivity index (χ0n) is 12.9. The lowest BCUT2D eigenvalue weighted by Gasteiger charge is -2.30. The van der Waals surface area contributed by atoms with E-state index in [1.54, 1.807) is 7.11 Å². The van der Waals surface area contributed by atoms with Crippen molar-refractivity contribution in [3.8, 4) is 5.75 Å². The topological polar surface area (TPSA) is 24.5 Å². The molecule has 1 aliphatic carbocycles. The lowest BCUT2D eigenvalue weighted by atomic mass is 9.87. The predicted molar refractivity (Wildman–Crippen MR) is 90.4 cm³/mol. The highest BCUT2D eigenvalue weighted by atomic mass is 32.2. The highest BCUT2D eigenvalue weighted by molar-refractivity contribution is 7.99. The van der Waals surface area contributed by atoms with E-state index in [-0.39, 0.29) is 0 Å². The predicted octanol–water partition coefficient (Wildman–Crippen LogP) is 2.71. The molecule has 1 N–H and O–H groups in total. The molecule has 1 atom stereocenters. The number of thioether (sulfide) groups is 1. The largest absolute Gasteiger partial charge is 0.497 e. The fourth-order valence-corrected chi connectivity index (χ4v) is 4.33. The number of nitrogens with zero attached hydrogens (tertiary/aromatic N) is 1. The van der Waals surface area contributed by atoms with E-state index >= 15 is 0 Å². The second kappa shape index (κ2) is 7.52. The summed E-state index contributed by atoms with van der Waals surface area (Å²) >= 11 is 2.08. The van der Waals surface area contributed by atoms with Crippen LogP contribution >= 0.6 is 11.8 Å². The van der Waals surface area contributed by atoms with Gasteiger partial charge in [-0.2, -0.15) is 11.8 Å². The molecule has 0 spiro atoms. The second-order valence-corrected chi connectivity index (χ2v) is 7.14. The van der Waals surface area contributed by atoms with E-state index in [0.717, 1.165) is 12.3 Å². The molecule has 2 aliphatic rings. The Bertz CT molecular complexity index is 460. The van der Waals surface area contributed by atoms with Crippen LogP contribution in [0.2, 0.25) is 0 Å². The van der Waals surface area contributed by atoms with E-state index in [1.165, 1.54) is 61.5 Å². The molecule has 1 heterocycles. The number of fused-ring (bicyclic) bond motifs is 1. The van der Waals surface area contributed by atoms with Crippen molar-refractivity contribution in [1.29, 1.82) is 0 Å². The smallest absolute Gasteiger partial charge is 0.119 e. The molecule has 0 saturated carbocycles. The average Bonchev–Trinajstić information content (AvgIpc) is 2.55. The van der Waals surface area contributed by atoms with Crippen molar-refractivity contribution in [1.82, 2.24) is 10.2 Å². The van der Waals surface area contributed by atoms with Crippen LogP contribution in [-0.4, -0.2) is 49.7 Å². The third kappa shape index (κ3) is 3.93. The van der Waals surface area contributed by atoms with Gasteiger partial charge in [0.05, 0.1) is 7.11 Å². The monoisotopic (exact) mass is 306 g/mol. The average molecular weight is 306 g/mol. The Kier molecular flexibility index (Phi) is 5.44. The Morgan fingerprint density at radius 1 is 1.33 bits per heavy atom. The third-order valence-electron chi connectivity index (χ3n) is 4.59. The number of ether oxygens (including phenoxy) is 1. The van der Waals surface area contributed by atoms with E-state index in [4.69, 9.17) is 4.74 Å². The van der Waals surface area contributed by atoms with E-state index < -0.39 is 0 Å². The van der Waals surface area contributed by atoms with Gasteiger partial charge in [-0.3, -0.25) is 0 Å². The number of aryl methyl sites for hydroxylation is 1. The summed E-state index contributed by atoms with van der Waals surface area (Å²) in [7, 11) is 1.75. The van der Waals surface area contributed by atoms with E-state index in [2.05, 4.69) is 40.2 Å².